The smallest absolute Gasteiger partial charge is 0.223 e. The van der Waals surface area contributed by atoms with Gasteiger partial charge in [0.05, 0.1) is 19.3 Å². The molecule has 2 N–H and O–H groups in total. The Labute approximate surface area is 130 Å². The predicted molar refractivity (Wildman–Crippen MR) is 82.0 cm³/mol. The number of aromatic nitrogens is 1. The van der Waals surface area contributed by atoms with Crippen LogP contribution in [-0.4, -0.2) is 54.5 Å². The van der Waals surface area contributed by atoms with E-state index in [1.807, 2.05) is 0 Å². The van der Waals surface area contributed by atoms with Crippen LogP contribution in [0.1, 0.15) is 25.0 Å². The number of nitrogens with zero attached hydrogens (tertiary/aromatic N) is 1. The van der Waals surface area contributed by atoms with Crippen molar-refractivity contribution in [1.29, 1.82) is 0 Å². The number of likely N-dealkylation sites (tertiary alicyclic amines) is 1. The van der Waals surface area contributed by atoms with Crippen LogP contribution >= 0.6 is 0 Å². The average Bonchev–Trinajstić information content (AvgIpc) is 2.53. The van der Waals surface area contributed by atoms with E-state index in [4.69, 9.17) is 9.47 Å². The fourth-order valence-corrected chi connectivity index (χ4v) is 3.83. The van der Waals surface area contributed by atoms with Crippen LogP contribution in [0.3, 0.4) is 0 Å². The largest absolute Gasteiger partial charge is 0.491 e. The van der Waals surface area contributed by atoms with Gasteiger partial charge in [-0.3, -0.25) is 9.69 Å². The highest BCUT2D eigenvalue weighted by molar-refractivity contribution is 5.20. The number of hydrogen-bond acceptors (Lipinski definition) is 5. The van der Waals surface area contributed by atoms with Crippen LogP contribution < -0.4 is 10.2 Å². The Kier molecular flexibility index (Phi) is 4.25. The van der Waals surface area contributed by atoms with Gasteiger partial charge in [0.25, 0.3) is 0 Å². The molecule has 1 aromatic rings. The fourth-order valence-electron chi connectivity index (χ4n) is 3.83. The van der Waals surface area contributed by atoms with E-state index in [0.717, 1.165) is 38.0 Å². The second kappa shape index (κ2) is 6.02. The number of methoxy groups -OCH3 is 2. The highest BCUT2D eigenvalue weighted by Gasteiger charge is 2.55. The number of aromatic amines is 1. The Morgan fingerprint density at radius 2 is 2.14 bits per heavy atom. The molecule has 1 aliphatic carbocycles. The van der Waals surface area contributed by atoms with Gasteiger partial charge in [-0.15, -0.1) is 0 Å². The third kappa shape index (κ3) is 2.55. The molecular weight excluding hydrogens is 284 g/mol. The van der Waals surface area contributed by atoms with Crippen molar-refractivity contribution in [3.63, 3.8) is 0 Å². The van der Waals surface area contributed by atoms with Crippen LogP contribution in [0.2, 0.25) is 0 Å². The van der Waals surface area contributed by atoms with Crippen LogP contribution in [0.4, 0.5) is 0 Å². The highest BCUT2D eigenvalue weighted by Crippen LogP contribution is 2.50. The molecule has 6 heteroatoms. The molecule has 1 aromatic heterocycles. The lowest BCUT2D eigenvalue weighted by Gasteiger charge is -2.56. The van der Waals surface area contributed by atoms with Crippen molar-refractivity contribution in [1.82, 2.24) is 9.88 Å². The van der Waals surface area contributed by atoms with Crippen molar-refractivity contribution >= 4 is 0 Å². The van der Waals surface area contributed by atoms with Gasteiger partial charge in [0.2, 0.25) is 5.43 Å². The maximum absolute atomic E-state index is 11.8. The zero-order valence-electron chi connectivity index (χ0n) is 13.2. The van der Waals surface area contributed by atoms with Crippen molar-refractivity contribution in [2.45, 2.75) is 38.0 Å². The molecule has 0 aromatic carbocycles. The predicted octanol–water partition coefficient (Wildman–Crippen LogP) is 0.745. The zero-order chi connectivity index (χ0) is 15.7. The van der Waals surface area contributed by atoms with Crippen molar-refractivity contribution in [3.05, 3.63) is 28.2 Å². The maximum atomic E-state index is 11.8. The Bertz CT molecular complexity index is 578. The summed E-state index contributed by atoms with van der Waals surface area (Å²) in [6.45, 7) is 2.53. The molecule has 2 heterocycles. The molecule has 2 atom stereocenters. The third-order valence-corrected chi connectivity index (χ3v) is 5.36. The van der Waals surface area contributed by atoms with Crippen LogP contribution in [0.15, 0.2) is 17.1 Å². The van der Waals surface area contributed by atoms with E-state index >= 15 is 0 Å². The van der Waals surface area contributed by atoms with Crippen LogP contribution in [0.5, 0.6) is 5.75 Å². The number of rotatable bonds is 4. The van der Waals surface area contributed by atoms with Gasteiger partial charge in [0.1, 0.15) is 0 Å². The third-order valence-electron chi connectivity index (χ3n) is 5.36. The Morgan fingerprint density at radius 1 is 1.41 bits per heavy atom. The summed E-state index contributed by atoms with van der Waals surface area (Å²) in [6, 6.07) is 1.60. The molecule has 1 spiro atoms. The minimum atomic E-state index is -0.236. The molecule has 2 fully saturated rings. The molecule has 22 heavy (non-hydrogen) atoms. The van der Waals surface area contributed by atoms with Gasteiger partial charge in [-0.25, -0.2) is 0 Å². The Morgan fingerprint density at radius 3 is 2.68 bits per heavy atom. The van der Waals surface area contributed by atoms with E-state index in [-0.39, 0.29) is 23.1 Å². The molecule has 6 nitrogen and oxygen atoms in total. The zero-order valence-corrected chi connectivity index (χ0v) is 13.2. The molecule has 2 aliphatic rings. The van der Waals surface area contributed by atoms with Gasteiger partial charge in [0, 0.05) is 43.4 Å². The lowest BCUT2D eigenvalue weighted by Crippen LogP contribution is -2.61. The maximum Gasteiger partial charge on any atom is 0.223 e. The van der Waals surface area contributed by atoms with Gasteiger partial charge in [-0.05, 0) is 25.9 Å². The number of hydrogen-bond donors (Lipinski definition) is 2. The van der Waals surface area contributed by atoms with Gasteiger partial charge in [-0.2, -0.15) is 0 Å². The van der Waals surface area contributed by atoms with Gasteiger partial charge in [0.15, 0.2) is 5.75 Å². The first kappa shape index (κ1) is 15.5. The number of aliphatic hydroxyl groups is 1. The number of piperidine rings is 1. The SMILES string of the molecule is COc1c[nH]c(CN2CCC3(CC2)[C@@H](O)C[C@H]3OC)cc1=O. The summed E-state index contributed by atoms with van der Waals surface area (Å²) in [5.41, 5.74) is 0.733. The van der Waals surface area contributed by atoms with Crippen molar-refractivity contribution in [2.24, 2.45) is 5.41 Å². The van der Waals surface area contributed by atoms with Crippen LogP contribution in [0, 0.1) is 5.41 Å². The van der Waals surface area contributed by atoms with E-state index in [1.54, 1.807) is 19.4 Å². The molecule has 0 bridgehead atoms. The standard InChI is InChI=1S/C16H24N2O4/c1-21-13-9-17-11(7-12(13)19)10-18-5-3-16(4-6-18)14(20)8-15(16)22-2/h7,9,14-15,20H,3-6,8,10H2,1-2H3,(H,17,19)/t14-,15+/m0/s1. The molecular formula is C16H24N2O4. The second-order valence-corrected chi connectivity index (χ2v) is 6.38. The quantitative estimate of drug-likeness (QED) is 0.858. The summed E-state index contributed by atoms with van der Waals surface area (Å²) < 4.78 is 10.5. The first-order chi connectivity index (χ1) is 10.6. The monoisotopic (exact) mass is 308 g/mol. The highest BCUT2D eigenvalue weighted by atomic mass is 16.5. The number of aliphatic hydroxyl groups excluding tert-OH is 1. The molecule has 122 valence electrons. The molecule has 3 rings (SSSR count). The lowest BCUT2D eigenvalue weighted by molar-refractivity contribution is -0.201. The Hall–Kier alpha value is -1.37. The molecule has 1 saturated carbocycles. The molecule has 0 unspecified atom stereocenters. The number of nitrogens with one attached hydrogen (secondary N) is 1. The first-order valence-electron chi connectivity index (χ1n) is 7.78. The summed E-state index contributed by atoms with van der Waals surface area (Å²) in [4.78, 5) is 17.2. The lowest BCUT2D eigenvalue weighted by atomic mass is 9.58. The van der Waals surface area contributed by atoms with Crippen molar-refractivity contribution in [2.75, 3.05) is 27.3 Å². The van der Waals surface area contributed by atoms with Crippen molar-refractivity contribution < 1.29 is 14.6 Å². The normalized spacial score (nSPS) is 27.6. The number of H-pyrrole nitrogens is 1. The van der Waals surface area contributed by atoms with Gasteiger partial charge in [-0.1, -0.05) is 0 Å². The summed E-state index contributed by atoms with van der Waals surface area (Å²) in [5, 5.41) is 10.1. The van der Waals surface area contributed by atoms with E-state index in [2.05, 4.69) is 9.88 Å². The number of ether oxygens (including phenoxy) is 2. The van der Waals surface area contributed by atoms with Crippen LogP contribution in [-0.2, 0) is 11.3 Å². The Balaban J connectivity index is 1.60. The molecule has 0 amide bonds. The van der Waals surface area contributed by atoms with Gasteiger partial charge >= 0.3 is 0 Å². The minimum Gasteiger partial charge on any atom is -0.491 e. The number of pyridine rings is 1. The molecule has 0 radical (unpaired) electrons. The topological polar surface area (TPSA) is 74.8 Å². The van der Waals surface area contributed by atoms with Crippen molar-refractivity contribution in [3.8, 4) is 5.75 Å². The molecule has 1 saturated heterocycles. The second-order valence-electron chi connectivity index (χ2n) is 6.38. The van der Waals surface area contributed by atoms with E-state index < -0.39 is 0 Å². The fraction of sp³-hybridized carbons (Fsp3) is 0.688. The minimum absolute atomic E-state index is 0.0570. The summed E-state index contributed by atoms with van der Waals surface area (Å²) in [5.74, 6) is 0.335. The van der Waals surface area contributed by atoms with Gasteiger partial charge < -0.3 is 19.6 Å². The summed E-state index contributed by atoms with van der Waals surface area (Å²) in [7, 11) is 3.22. The molecule has 1 aliphatic heterocycles. The van der Waals surface area contributed by atoms with E-state index in [0.29, 0.717) is 12.3 Å². The average molecular weight is 308 g/mol. The first-order valence-corrected chi connectivity index (χ1v) is 7.78. The summed E-state index contributed by atoms with van der Waals surface area (Å²) >= 11 is 0. The summed E-state index contributed by atoms with van der Waals surface area (Å²) in [6.07, 6.45) is 4.19. The van der Waals surface area contributed by atoms with E-state index in [1.165, 1.54) is 7.11 Å². The van der Waals surface area contributed by atoms with E-state index in [9.17, 15) is 9.90 Å². The van der Waals surface area contributed by atoms with Crippen LogP contribution in [0.25, 0.3) is 0 Å².